The number of aliphatic imine (C=N–C) groups is 1. The maximum Gasteiger partial charge on any atom is 0.191 e. The van der Waals surface area contributed by atoms with E-state index in [9.17, 15) is 5.11 Å². The maximum absolute atomic E-state index is 9.99. The molecule has 0 aliphatic carbocycles. The molecule has 0 aromatic heterocycles. The van der Waals surface area contributed by atoms with Gasteiger partial charge >= 0.3 is 0 Å². The van der Waals surface area contributed by atoms with Crippen molar-refractivity contribution in [3.63, 3.8) is 0 Å². The van der Waals surface area contributed by atoms with Crippen molar-refractivity contribution in [3.8, 4) is 5.75 Å². The maximum atomic E-state index is 9.99. The van der Waals surface area contributed by atoms with Crippen LogP contribution in [0.25, 0.3) is 0 Å². The van der Waals surface area contributed by atoms with Gasteiger partial charge in [-0.3, -0.25) is 4.99 Å². The van der Waals surface area contributed by atoms with Crippen LogP contribution in [-0.4, -0.2) is 43.4 Å². The van der Waals surface area contributed by atoms with Gasteiger partial charge in [0.25, 0.3) is 0 Å². The average Bonchev–Trinajstić information content (AvgIpc) is 2.49. The van der Waals surface area contributed by atoms with Crippen LogP contribution >= 0.6 is 46.6 Å². The molecule has 132 valence electrons. The summed E-state index contributed by atoms with van der Waals surface area (Å²) < 4.78 is 6.72. The molecule has 0 heterocycles. The van der Waals surface area contributed by atoms with E-state index in [1.54, 1.807) is 0 Å². The van der Waals surface area contributed by atoms with Gasteiger partial charge in [-0.05, 0) is 59.7 Å². The minimum Gasteiger partial charge on any atom is -0.491 e. The second-order valence-electron chi connectivity index (χ2n) is 5.41. The van der Waals surface area contributed by atoms with Crippen molar-refractivity contribution in [1.29, 1.82) is 0 Å². The molecule has 0 fully saturated rings. The van der Waals surface area contributed by atoms with Crippen molar-refractivity contribution < 1.29 is 9.84 Å². The van der Waals surface area contributed by atoms with Gasteiger partial charge in [0.05, 0.1) is 0 Å². The Kier molecular flexibility index (Phi) is 12.9. The zero-order valence-electron chi connectivity index (χ0n) is 13.9. The topological polar surface area (TPSA) is 65.9 Å². The molecule has 0 aliphatic heterocycles. The van der Waals surface area contributed by atoms with Crippen LogP contribution in [0.4, 0.5) is 0 Å². The third-order valence-electron chi connectivity index (χ3n) is 2.72. The third-order valence-corrected chi connectivity index (χ3v) is 3.44. The Hall–Kier alpha value is -0.290. The van der Waals surface area contributed by atoms with Crippen LogP contribution in [0.5, 0.6) is 5.75 Å². The molecule has 1 rings (SSSR count). The summed E-state index contributed by atoms with van der Waals surface area (Å²) in [6.45, 7) is 8.45. The van der Waals surface area contributed by atoms with Crippen LogP contribution < -0.4 is 15.4 Å². The van der Waals surface area contributed by atoms with Gasteiger partial charge < -0.3 is 20.5 Å². The molecule has 1 atom stereocenters. The summed E-state index contributed by atoms with van der Waals surface area (Å²) >= 11 is 2.24. The molecular formula is C16H27I2N3O2. The summed E-state index contributed by atoms with van der Waals surface area (Å²) in [5, 5.41) is 16.3. The Morgan fingerprint density at radius 3 is 2.48 bits per heavy atom. The molecule has 0 saturated carbocycles. The minimum atomic E-state index is -0.595. The van der Waals surface area contributed by atoms with Gasteiger partial charge in [0, 0.05) is 23.2 Å². The monoisotopic (exact) mass is 547 g/mol. The van der Waals surface area contributed by atoms with Crippen LogP contribution in [-0.2, 0) is 0 Å². The lowest BCUT2D eigenvalue weighted by Gasteiger charge is -2.16. The third kappa shape index (κ3) is 11.0. The molecule has 7 heteroatoms. The predicted molar refractivity (Wildman–Crippen MR) is 115 cm³/mol. The quantitative estimate of drug-likeness (QED) is 0.266. The number of guanidine groups is 1. The molecule has 1 unspecified atom stereocenters. The van der Waals surface area contributed by atoms with Crippen molar-refractivity contribution >= 4 is 52.5 Å². The van der Waals surface area contributed by atoms with Gasteiger partial charge in [0.2, 0.25) is 0 Å². The molecule has 0 bridgehead atoms. The van der Waals surface area contributed by atoms with E-state index in [4.69, 9.17) is 4.74 Å². The molecule has 0 aliphatic rings. The van der Waals surface area contributed by atoms with Crippen LogP contribution in [0, 0.1) is 9.49 Å². The Labute approximate surface area is 169 Å². The smallest absolute Gasteiger partial charge is 0.191 e. The molecular weight excluding hydrogens is 520 g/mol. The lowest BCUT2D eigenvalue weighted by atomic mass is 10.2. The van der Waals surface area contributed by atoms with E-state index in [2.05, 4.69) is 52.1 Å². The van der Waals surface area contributed by atoms with Gasteiger partial charge in [0.1, 0.15) is 18.5 Å². The first kappa shape index (κ1) is 22.7. The molecule has 0 spiro atoms. The fourth-order valence-electron chi connectivity index (χ4n) is 1.61. The number of aliphatic hydroxyl groups excluding tert-OH is 1. The Bertz CT molecular complexity index is 453. The number of ether oxygens (including phenoxy) is 1. The summed E-state index contributed by atoms with van der Waals surface area (Å²) in [7, 11) is 0. The van der Waals surface area contributed by atoms with Crippen molar-refractivity contribution in [2.45, 2.75) is 26.9 Å². The zero-order chi connectivity index (χ0) is 16.4. The molecule has 0 amide bonds. The number of benzene rings is 1. The van der Waals surface area contributed by atoms with E-state index in [-0.39, 0.29) is 30.6 Å². The number of rotatable bonds is 8. The molecule has 23 heavy (non-hydrogen) atoms. The average molecular weight is 547 g/mol. The molecule has 0 saturated heterocycles. The van der Waals surface area contributed by atoms with Gasteiger partial charge in [-0.25, -0.2) is 0 Å². The highest BCUT2D eigenvalue weighted by Gasteiger charge is 2.07. The summed E-state index contributed by atoms with van der Waals surface area (Å²) in [4.78, 5) is 4.45. The Morgan fingerprint density at radius 1 is 1.26 bits per heavy atom. The molecule has 0 radical (unpaired) electrons. The van der Waals surface area contributed by atoms with Crippen molar-refractivity contribution in [3.05, 3.63) is 27.8 Å². The molecule has 3 N–H and O–H groups in total. The zero-order valence-corrected chi connectivity index (χ0v) is 18.4. The summed E-state index contributed by atoms with van der Waals surface area (Å²) in [5.74, 6) is 1.99. The molecule has 5 nitrogen and oxygen atoms in total. The van der Waals surface area contributed by atoms with E-state index < -0.39 is 6.10 Å². The first-order valence-electron chi connectivity index (χ1n) is 7.59. The summed E-state index contributed by atoms with van der Waals surface area (Å²) in [6, 6.07) is 7.75. The van der Waals surface area contributed by atoms with E-state index in [1.165, 1.54) is 0 Å². The SMILES string of the molecule is CCNC(=NCC(C)C)NCC(O)COc1ccc(I)cc1.I. The Morgan fingerprint density at radius 2 is 1.91 bits per heavy atom. The van der Waals surface area contributed by atoms with Crippen LogP contribution in [0.3, 0.4) is 0 Å². The lowest BCUT2D eigenvalue weighted by molar-refractivity contribution is 0.110. The van der Waals surface area contributed by atoms with E-state index in [0.717, 1.165) is 28.4 Å². The number of aliphatic hydroxyl groups is 1. The van der Waals surface area contributed by atoms with Crippen molar-refractivity contribution in [1.82, 2.24) is 10.6 Å². The number of hydrogen-bond acceptors (Lipinski definition) is 3. The second kappa shape index (κ2) is 13.1. The minimum absolute atomic E-state index is 0. The van der Waals surface area contributed by atoms with E-state index in [0.29, 0.717) is 12.5 Å². The number of hydrogen-bond donors (Lipinski definition) is 3. The van der Waals surface area contributed by atoms with E-state index in [1.807, 2.05) is 31.2 Å². The predicted octanol–water partition coefficient (Wildman–Crippen LogP) is 2.86. The highest BCUT2D eigenvalue weighted by atomic mass is 127. The van der Waals surface area contributed by atoms with Crippen molar-refractivity contribution in [2.24, 2.45) is 10.9 Å². The highest BCUT2D eigenvalue weighted by Crippen LogP contribution is 2.13. The fourth-order valence-corrected chi connectivity index (χ4v) is 1.97. The lowest BCUT2D eigenvalue weighted by Crippen LogP contribution is -2.42. The van der Waals surface area contributed by atoms with E-state index >= 15 is 0 Å². The Balaban J connectivity index is 0.00000484. The van der Waals surface area contributed by atoms with Gasteiger partial charge in [-0.2, -0.15) is 0 Å². The summed E-state index contributed by atoms with van der Waals surface area (Å²) in [5.41, 5.74) is 0. The van der Waals surface area contributed by atoms with Crippen LogP contribution in [0.2, 0.25) is 0 Å². The summed E-state index contributed by atoms with van der Waals surface area (Å²) in [6.07, 6.45) is -0.595. The normalized spacial score (nSPS) is 12.5. The fraction of sp³-hybridized carbons (Fsp3) is 0.562. The van der Waals surface area contributed by atoms with Gasteiger partial charge in [-0.15, -0.1) is 24.0 Å². The van der Waals surface area contributed by atoms with Crippen LogP contribution in [0.15, 0.2) is 29.3 Å². The van der Waals surface area contributed by atoms with Gasteiger partial charge in [-0.1, -0.05) is 13.8 Å². The van der Waals surface area contributed by atoms with Crippen LogP contribution in [0.1, 0.15) is 20.8 Å². The second-order valence-corrected chi connectivity index (χ2v) is 6.66. The first-order chi connectivity index (χ1) is 10.5. The number of halogens is 2. The standard InChI is InChI=1S/C16H26IN3O2.HI/c1-4-18-16(19-9-12(2)3)20-10-14(21)11-22-15-7-5-13(17)6-8-15;/h5-8,12,14,21H,4,9-11H2,1-3H3,(H2,18,19,20);1H. The molecule has 1 aromatic carbocycles. The van der Waals surface area contributed by atoms with Crippen molar-refractivity contribution in [2.75, 3.05) is 26.2 Å². The molecule has 1 aromatic rings. The highest BCUT2D eigenvalue weighted by molar-refractivity contribution is 14.1. The van der Waals surface area contributed by atoms with Gasteiger partial charge in [0.15, 0.2) is 5.96 Å². The first-order valence-corrected chi connectivity index (χ1v) is 8.67. The number of nitrogens with zero attached hydrogens (tertiary/aromatic N) is 1. The largest absolute Gasteiger partial charge is 0.491 e. The number of nitrogens with one attached hydrogen (secondary N) is 2.